The lowest BCUT2D eigenvalue weighted by molar-refractivity contribution is -0.120. The lowest BCUT2D eigenvalue weighted by Gasteiger charge is -2.21. The van der Waals surface area contributed by atoms with Crippen LogP contribution in [0.1, 0.15) is 10.4 Å². The molecule has 1 aliphatic rings. The number of rotatable bonds is 7. The summed E-state index contributed by atoms with van der Waals surface area (Å²) in [6, 6.07) is 18.8. The van der Waals surface area contributed by atoms with Gasteiger partial charge in [-0.25, -0.2) is 9.88 Å². The molecule has 0 bridgehead atoms. The number of para-hydroxylation sites is 1. The number of carbonyl (C=O) groups excluding carboxylic acids is 3. The summed E-state index contributed by atoms with van der Waals surface area (Å²) in [5, 5.41) is 27.2. The van der Waals surface area contributed by atoms with E-state index >= 15 is 0 Å². The van der Waals surface area contributed by atoms with E-state index in [2.05, 4.69) is 15.6 Å². The van der Waals surface area contributed by atoms with Gasteiger partial charge in [0.15, 0.2) is 5.13 Å². The van der Waals surface area contributed by atoms with Gasteiger partial charge >= 0.3 is 0 Å². The van der Waals surface area contributed by atoms with Crippen LogP contribution in [-0.4, -0.2) is 27.9 Å². The maximum atomic E-state index is 13.0. The minimum atomic E-state index is -0.720. The zero-order chi connectivity index (χ0) is 27.7. The van der Waals surface area contributed by atoms with Gasteiger partial charge in [0.1, 0.15) is 10.7 Å². The number of benzene rings is 3. The van der Waals surface area contributed by atoms with E-state index < -0.39 is 17.7 Å². The first-order chi connectivity index (χ1) is 18.7. The van der Waals surface area contributed by atoms with Crippen molar-refractivity contribution >= 4 is 74.5 Å². The highest BCUT2D eigenvalue weighted by atomic mass is 35.5. The Kier molecular flexibility index (Phi) is 7.33. The molecular formula is C26H16Cl2N5O5S-. The molecule has 0 fully saturated rings. The lowest BCUT2D eigenvalue weighted by Crippen LogP contribution is -2.32. The Bertz CT molecular complexity index is 1640. The number of aromatic nitrogens is 1. The van der Waals surface area contributed by atoms with Gasteiger partial charge in [-0.05, 0) is 42.5 Å². The van der Waals surface area contributed by atoms with Gasteiger partial charge in [-0.2, -0.15) is 0 Å². The molecule has 39 heavy (non-hydrogen) atoms. The number of hydrogen-bond acceptors (Lipinski definition) is 9. The molecule has 0 radical (unpaired) electrons. The van der Waals surface area contributed by atoms with Crippen molar-refractivity contribution in [3.63, 3.8) is 0 Å². The summed E-state index contributed by atoms with van der Waals surface area (Å²) in [5.74, 6) is -1.86. The van der Waals surface area contributed by atoms with Crippen LogP contribution in [0.5, 0.6) is 0 Å². The third kappa shape index (κ3) is 5.35. The molecule has 2 heterocycles. The van der Waals surface area contributed by atoms with E-state index in [9.17, 15) is 19.6 Å². The van der Waals surface area contributed by atoms with Crippen LogP contribution in [0.15, 0.2) is 88.9 Å². The molecule has 0 spiro atoms. The van der Waals surface area contributed by atoms with Gasteiger partial charge in [0.25, 0.3) is 17.7 Å². The number of amides is 3. The lowest BCUT2D eigenvalue weighted by atomic mass is 10.1. The number of anilines is 4. The summed E-state index contributed by atoms with van der Waals surface area (Å²) in [6.07, 6.45) is 0. The van der Waals surface area contributed by atoms with Crippen molar-refractivity contribution in [2.75, 3.05) is 20.8 Å². The number of nitrogens with one attached hydrogen (secondary N) is 2. The quantitative estimate of drug-likeness (QED) is 0.183. The molecule has 1 aromatic heterocycles. The second kappa shape index (κ2) is 10.8. The number of hydrogen-bond donors (Lipinski definition) is 3. The van der Waals surface area contributed by atoms with Crippen molar-refractivity contribution in [3.05, 3.63) is 105 Å². The molecule has 0 aliphatic carbocycles. The Morgan fingerprint density at radius 3 is 2.46 bits per heavy atom. The Balaban J connectivity index is 1.30. The molecule has 196 valence electrons. The van der Waals surface area contributed by atoms with Gasteiger partial charge in [-0.15, -0.1) is 11.3 Å². The van der Waals surface area contributed by atoms with E-state index in [0.717, 1.165) is 4.90 Å². The van der Waals surface area contributed by atoms with Crippen LogP contribution in [0.25, 0.3) is 11.3 Å². The Morgan fingerprint density at radius 2 is 1.74 bits per heavy atom. The average molecular weight is 581 g/mol. The van der Waals surface area contributed by atoms with Crippen LogP contribution in [0.4, 0.5) is 22.2 Å². The Hall–Kier alpha value is -4.26. The van der Waals surface area contributed by atoms with E-state index in [1.807, 2.05) is 0 Å². The molecule has 3 N–H and O–H groups in total. The second-order valence-electron chi connectivity index (χ2n) is 8.10. The van der Waals surface area contributed by atoms with Crippen molar-refractivity contribution in [2.45, 2.75) is 0 Å². The fraction of sp³-hybridized carbons (Fsp3) is 0. The molecule has 0 saturated heterocycles. The largest absolute Gasteiger partial charge is 0.733 e. The van der Waals surface area contributed by atoms with Crippen LogP contribution in [0, 0.1) is 5.21 Å². The number of halogens is 2. The van der Waals surface area contributed by atoms with Crippen LogP contribution in [0.3, 0.4) is 0 Å². The van der Waals surface area contributed by atoms with Crippen LogP contribution in [0.2, 0.25) is 5.02 Å². The first-order valence-electron chi connectivity index (χ1n) is 11.2. The normalized spacial score (nSPS) is 13.2. The first kappa shape index (κ1) is 26.4. The van der Waals surface area contributed by atoms with Gasteiger partial charge < -0.3 is 15.8 Å². The van der Waals surface area contributed by atoms with Crippen LogP contribution in [-0.2, 0) is 9.59 Å². The van der Waals surface area contributed by atoms with Crippen molar-refractivity contribution in [1.82, 2.24) is 4.98 Å². The third-order valence-electron chi connectivity index (χ3n) is 5.62. The molecule has 0 saturated carbocycles. The molecular weight excluding hydrogens is 565 g/mol. The monoisotopic (exact) mass is 580 g/mol. The Labute approximate surface area is 235 Å². The number of nitrogens with zero attached hydrogens (tertiary/aromatic N) is 3. The van der Waals surface area contributed by atoms with Gasteiger partial charge in [-0.3, -0.25) is 24.9 Å². The molecule has 13 heteroatoms. The minimum Gasteiger partial charge on any atom is -0.733 e. The SMILES string of the molecule is O=C(Nc1nc(-c2ccc(N([O-])O)cc2)cs1)c1cccc(NC2=C(Cl)C(=O)N(c3ccccc3Cl)C2=O)c1. The highest BCUT2D eigenvalue weighted by Crippen LogP contribution is 2.34. The number of carbonyl (C=O) groups is 3. The molecule has 3 amide bonds. The van der Waals surface area contributed by atoms with E-state index in [1.54, 1.807) is 53.9 Å². The van der Waals surface area contributed by atoms with Crippen molar-refractivity contribution in [2.24, 2.45) is 0 Å². The standard InChI is InChI=1S/C26H16Cl2N5O5S/c27-18-6-1-2-7-20(18)32-24(35)21(28)22(25(32)36)29-16-5-3-4-15(12-16)23(34)31-26-30-19(13-39-26)14-8-10-17(11-9-14)33(37)38/h1-13,29,37H,(H,30,31,34)/q-1. The van der Waals surface area contributed by atoms with Crippen molar-refractivity contribution < 1.29 is 19.6 Å². The average Bonchev–Trinajstić information content (AvgIpc) is 3.48. The van der Waals surface area contributed by atoms with E-state index in [4.69, 9.17) is 28.4 Å². The Morgan fingerprint density at radius 1 is 1.00 bits per heavy atom. The minimum absolute atomic E-state index is 0.0771. The van der Waals surface area contributed by atoms with Crippen molar-refractivity contribution in [3.8, 4) is 11.3 Å². The van der Waals surface area contributed by atoms with Crippen LogP contribution < -0.4 is 20.8 Å². The fourth-order valence-electron chi connectivity index (χ4n) is 3.74. The zero-order valence-electron chi connectivity index (χ0n) is 19.6. The molecule has 5 rings (SSSR count). The van der Waals surface area contributed by atoms with Gasteiger partial charge in [-0.1, -0.05) is 53.5 Å². The predicted molar refractivity (Wildman–Crippen MR) is 150 cm³/mol. The third-order valence-corrected chi connectivity index (χ3v) is 7.05. The molecule has 3 aromatic carbocycles. The van der Waals surface area contributed by atoms with Crippen LogP contribution >= 0.6 is 34.5 Å². The maximum Gasteiger partial charge on any atom is 0.283 e. The highest BCUT2D eigenvalue weighted by Gasteiger charge is 2.39. The molecule has 0 unspecified atom stereocenters. The zero-order valence-corrected chi connectivity index (χ0v) is 21.9. The molecule has 1 aliphatic heterocycles. The van der Waals surface area contributed by atoms with Gasteiger partial charge in [0.2, 0.25) is 0 Å². The fourth-order valence-corrected chi connectivity index (χ4v) is 4.89. The number of thiazole rings is 1. The van der Waals surface area contributed by atoms with Crippen molar-refractivity contribution in [1.29, 1.82) is 0 Å². The molecule has 10 nitrogen and oxygen atoms in total. The molecule has 0 atom stereocenters. The van der Waals surface area contributed by atoms with E-state index in [-0.39, 0.29) is 37.9 Å². The van der Waals surface area contributed by atoms with E-state index in [0.29, 0.717) is 22.1 Å². The van der Waals surface area contributed by atoms with Gasteiger partial charge in [0, 0.05) is 22.2 Å². The predicted octanol–water partition coefficient (Wildman–Crippen LogP) is 5.84. The first-order valence-corrected chi connectivity index (χ1v) is 12.8. The topological polar surface area (TPSA) is 138 Å². The van der Waals surface area contributed by atoms with Gasteiger partial charge in [0.05, 0.1) is 22.1 Å². The summed E-state index contributed by atoms with van der Waals surface area (Å²) in [5.41, 5.74) is 2.02. The highest BCUT2D eigenvalue weighted by molar-refractivity contribution is 7.14. The summed E-state index contributed by atoms with van der Waals surface area (Å²) < 4.78 is 0. The summed E-state index contributed by atoms with van der Waals surface area (Å²) in [4.78, 5) is 43.9. The second-order valence-corrected chi connectivity index (χ2v) is 9.75. The summed E-state index contributed by atoms with van der Waals surface area (Å²) >= 11 is 13.6. The number of imide groups is 1. The van der Waals surface area contributed by atoms with E-state index in [1.165, 1.54) is 35.6 Å². The smallest absolute Gasteiger partial charge is 0.283 e. The maximum absolute atomic E-state index is 13.0. The summed E-state index contributed by atoms with van der Waals surface area (Å²) in [6.45, 7) is 0. The summed E-state index contributed by atoms with van der Waals surface area (Å²) in [7, 11) is 0. The molecule has 4 aromatic rings.